The van der Waals surface area contributed by atoms with E-state index in [1.165, 1.54) is 0 Å². The lowest BCUT2D eigenvalue weighted by Crippen LogP contribution is -2.28. The molecular weight excluding hydrogens is 298 g/mol. The van der Waals surface area contributed by atoms with E-state index in [1.54, 1.807) is 0 Å². The van der Waals surface area contributed by atoms with Gasteiger partial charge < -0.3 is 10.1 Å². The van der Waals surface area contributed by atoms with Crippen molar-refractivity contribution in [3.63, 3.8) is 0 Å². The largest absolute Gasteiger partial charge is 0.494 e. The molecule has 2 rings (SSSR count). The van der Waals surface area contributed by atoms with E-state index in [4.69, 9.17) is 16.3 Å². The van der Waals surface area contributed by atoms with Crippen molar-refractivity contribution < 1.29 is 9.53 Å². The van der Waals surface area contributed by atoms with Crippen molar-refractivity contribution in [1.82, 2.24) is 5.32 Å². The molecule has 0 spiro atoms. The number of carbonyl (C=O) groups excluding carboxylic acids is 1. The van der Waals surface area contributed by atoms with Gasteiger partial charge in [0, 0.05) is 5.02 Å². The van der Waals surface area contributed by atoms with Crippen LogP contribution in [0.3, 0.4) is 0 Å². The molecule has 0 radical (unpaired) electrons. The normalized spacial score (nSPS) is 11.8. The zero-order valence-corrected chi connectivity index (χ0v) is 13.6. The molecule has 0 saturated heterocycles. The zero-order valence-electron chi connectivity index (χ0n) is 12.8. The lowest BCUT2D eigenvalue weighted by molar-refractivity contribution is -0.121. The highest BCUT2D eigenvalue weighted by Crippen LogP contribution is 2.18. The van der Waals surface area contributed by atoms with Crippen molar-refractivity contribution in [3.8, 4) is 5.75 Å². The second-order valence-corrected chi connectivity index (χ2v) is 5.53. The number of nitrogens with one attached hydrogen (secondary N) is 1. The fraction of sp³-hybridized carbons (Fsp3) is 0.278. The molecular formula is C18H20ClNO2. The summed E-state index contributed by atoms with van der Waals surface area (Å²) < 4.78 is 5.39. The predicted molar refractivity (Wildman–Crippen MR) is 89.3 cm³/mol. The van der Waals surface area contributed by atoms with E-state index >= 15 is 0 Å². The average molecular weight is 318 g/mol. The van der Waals surface area contributed by atoms with Gasteiger partial charge in [0.1, 0.15) is 5.75 Å². The van der Waals surface area contributed by atoms with Crippen molar-refractivity contribution in [3.05, 3.63) is 64.7 Å². The van der Waals surface area contributed by atoms with Crippen LogP contribution in [-0.4, -0.2) is 12.5 Å². The summed E-state index contributed by atoms with van der Waals surface area (Å²) in [5.74, 6) is 0.801. The molecule has 4 heteroatoms. The maximum atomic E-state index is 12.1. The molecule has 3 nitrogen and oxygen atoms in total. The number of benzene rings is 2. The summed E-state index contributed by atoms with van der Waals surface area (Å²) in [6.45, 7) is 4.53. The minimum absolute atomic E-state index is 0.0170. The van der Waals surface area contributed by atoms with Crippen LogP contribution in [0.1, 0.15) is 31.0 Å². The van der Waals surface area contributed by atoms with Gasteiger partial charge >= 0.3 is 0 Å². The van der Waals surface area contributed by atoms with Gasteiger partial charge in [-0.05, 0) is 49.2 Å². The fourth-order valence-corrected chi connectivity index (χ4v) is 2.41. The third-order valence-corrected chi connectivity index (χ3v) is 3.56. The monoisotopic (exact) mass is 317 g/mol. The van der Waals surface area contributed by atoms with Crippen LogP contribution in [0.15, 0.2) is 48.5 Å². The molecule has 2 aromatic rings. The minimum atomic E-state index is -0.0751. The molecule has 0 aromatic heterocycles. The van der Waals surface area contributed by atoms with Gasteiger partial charge in [-0.3, -0.25) is 4.79 Å². The van der Waals surface area contributed by atoms with E-state index in [9.17, 15) is 4.79 Å². The van der Waals surface area contributed by atoms with E-state index in [2.05, 4.69) is 5.32 Å². The van der Waals surface area contributed by atoms with Crippen LogP contribution >= 0.6 is 11.6 Å². The highest BCUT2D eigenvalue weighted by Gasteiger charge is 2.10. The quantitative estimate of drug-likeness (QED) is 0.868. The molecule has 1 atom stereocenters. The van der Waals surface area contributed by atoms with E-state index in [1.807, 2.05) is 62.4 Å². The SMILES string of the molecule is CCOc1ccc(CC(=O)NC(C)c2cccc(Cl)c2)cc1. The molecule has 116 valence electrons. The Balaban J connectivity index is 1.92. The van der Waals surface area contributed by atoms with Crippen molar-refractivity contribution in [2.75, 3.05) is 6.61 Å². The maximum absolute atomic E-state index is 12.1. The van der Waals surface area contributed by atoms with E-state index in [0.29, 0.717) is 18.1 Å². The Morgan fingerprint density at radius 1 is 1.23 bits per heavy atom. The summed E-state index contributed by atoms with van der Waals surface area (Å²) in [6, 6.07) is 15.0. The number of amides is 1. The number of halogens is 1. The molecule has 0 saturated carbocycles. The van der Waals surface area contributed by atoms with E-state index < -0.39 is 0 Å². The summed E-state index contributed by atoms with van der Waals surface area (Å²) in [6.07, 6.45) is 0.345. The van der Waals surface area contributed by atoms with Gasteiger partial charge in [-0.15, -0.1) is 0 Å². The standard InChI is InChI=1S/C18H20ClNO2/c1-3-22-17-9-7-14(8-10-17)11-18(21)20-13(2)15-5-4-6-16(19)12-15/h4-10,12-13H,3,11H2,1-2H3,(H,20,21). The Labute approximate surface area is 136 Å². The summed E-state index contributed by atoms with van der Waals surface area (Å²) >= 11 is 5.97. The maximum Gasteiger partial charge on any atom is 0.224 e. The summed E-state index contributed by atoms with van der Waals surface area (Å²) in [5.41, 5.74) is 1.95. The minimum Gasteiger partial charge on any atom is -0.494 e. The molecule has 0 aliphatic heterocycles. The first kappa shape index (κ1) is 16.4. The first-order valence-electron chi connectivity index (χ1n) is 7.35. The van der Waals surface area contributed by atoms with Crippen LogP contribution in [0.4, 0.5) is 0 Å². The van der Waals surface area contributed by atoms with Crippen LogP contribution in [0, 0.1) is 0 Å². The Kier molecular flexibility index (Phi) is 5.84. The third-order valence-electron chi connectivity index (χ3n) is 3.33. The van der Waals surface area contributed by atoms with Crippen LogP contribution in [0.2, 0.25) is 5.02 Å². The Bertz CT molecular complexity index is 625. The summed E-state index contributed by atoms with van der Waals surface area (Å²) in [7, 11) is 0. The van der Waals surface area contributed by atoms with Crippen molar-refractivity contribution >= 4 is 17.5 Å². The number of hydrogen-bond donors (Lipinski definition) is 1. The van der Waals surface area contributed by atoms with Gasteiger partial charge in [0.25, 0.3) is 0 Å². The molecule has 0 aliphatic rings. The molecule has 0 aliphatic carbocycles. The summed E-state index contributed by atoms with van der Waals surface area (Å²) in [4.78, 5) is 12.1. The van der Waals surface area contributed by atoms with Crippen molar-refractivity contribution in [1.29, 1.82) is 0 Å². The van der Waals surface area contributed by atoms with Gasteiger partial charge in [-0.1, -0.05) is 35.9 Å². The van der Waals surface area contributed by atoms with Crippen LogP contribution < -0.4 is 10.1 Å². The molecule has 1 unspecified atom stereocenters. The zero-order chi connectivity index (χ0) is 15.9. The van der Waals surface area contributed by atoms with Gasteiger partial charge in [0.2, 0.25) is 5.91 Å². The summed E-state index contributed by atoms with van der Waals surface area (Å²) in [5, 5.41) is 3.65. The van der Waals surface area contributed by atoms with Crippen molar-refractivity contribution in [2.24, 2.45) is 0 Å². The van der Waals surface area contributed by atoms with Gasteiger partial charge in [0.05, 0.1) is 19.1 Å². The third kappa shape index (κ3) is 4.78. The Hall–Kier alpha value is -2.00. The average Bonchev–Trinajstić information content (AvgIpc) is 2.49. The molecule has 0 fully saturated rings. The number of carbonyl (C=O) groups is 1. The second-order valence-electron chi connectivity index (χ2n) is 5.10. The van der Waals surface area contributed by atoms with Gasteiger partial charge in [-0.2, -0.15) is 0 Å². The second kappa shape index (κ2) is 7.85. The van der Waals surface area contributed by atoms with E-state index in [0.717, 1.165) is 16.9 Å². The predicted octanol–water partition coefficient (Wildman–Crippen LogP) is 4.16. The highest BCUT2D eigenvalue weighted by atomic mass is 35.5. The lowest BCUT2D eigenvalue weighted by Gasteiger charge is -2.14. The number of ether oxygens (including phenoxy) is 1. The number of rotatable bonds is 6. The Morgan fingerprint density at radius 2 is 1.95 bits per heavy atom. The van der Waals surface area contributed by atoms with Gasteiger partial charge in [-0.25, -0.2) is 0 Å². The lowest BCUT2D eigenvalue weighted by atomic mass is 10.1. The molecule has 1 amide bonds. The van der Waals surface area contributed by atoms with E-state index in [-0.39, 0.29) is 11.9 Å². The van der Waals surface area contributed by atoms with Crippen LogP contribution in [0.5, 0.6) is 5.75 Å². The topological polar surface area (TPSA) is 38.3 Å². The van der Waals surface area contributed by atoms with Crippen LogP contribution in [0.25, 0.3) is 0 Å². The first-order chi connectivity index (χ1) is 10.6. The first-order valence-corrected chi connectivity index (χ1v) is 7.73. The highest BCUT2D eigenvalue weighted by molar-refractivity contribution is 6.30. The molecule has 2 aromatic carbocycles. The van der Waals surface area contributed by atoms with Crippen molar-refractivity contribution in [2.45, 2.75) is 26.3 Å². The molecule has 0 bridgehead atoms. The Morgan fingerprint density at radius 3 is 2.59 bits per heavy atom. The van der Waals surface area contributed by atoms with Gasteiger partial charge in [0.15, 0.2) is 0 Å². The van der Waals surface area contributed by atoms with Crippen LogP contribution in [-0.2, 0) is 11.2 Å². The number of hydrogen-bond acceptors (Lipinski definition) is 2. The molecule has 0 heterocycles. The molecule has 22 heavy (non-hydrogen) atoms. The fourth-order valence-electron chi connectivity index (χ4n) is 2.21. The molecule has 1 N–H and O–H groups in total. The smallest absolute Gasteiger partial charge is 0.224 e.